The summed E-state index contributed by atoms with van der Waals surface area (Å²) in [5, 5.41) is 2.41. The van der Waals surface area contributed by atoms with Crippen molar-refractivity contribution in [3.63, 3.8) is 0 Å². The first-order chi connectivity index (χ1) is 8.70. The maximum absolute atomic E-state index is 11.8. The normalized spacial score (nSPS) is 17.8. The van der Waals surface area contributed by atoms with Gasteiger partial charge in [0.1, 0.15) is 0 Å². The van der Waals surface area contributed by atoms with Crippen LogP contribution in [-0.4, -0.2) is 23.7 Å². The van der Waals surface area contributed by atoms with E-state index in [0.717, 1.165) is 17.0 Å². The van der Waals surface area contributed by atoms with E-state index < -0.39 is 5.25 Å². The molecule has 1 aromatic carbocycles. The predicted molar refractivity (Wildman–Crippen MR) is 70.6 cm³/mol. The summed E-state index contributed by atoms with van der Waals surface area (Å²) >= 11 is 1.41. The van der Waals surface area contributed by atoms with Crippen LogP contribution in [0.25, 0.3) is 0 Å². The number of thioether (sulfide) groups is 1. The third-order valence-corrected chi connectivity index (χ3v) is 3.80. The molecule has 1 N–H and O–H groups in total. The molecule has 2 rings (SSSR count). The van der Waals surface area contributed by atoms with Gasteiger partial charge < -0.3 is 10.1 Å². The summed E-state index contributed by atoms with van der Waals surface area (Å²) in [6.07, 6.45) is 0.906. The van der Waals surface area contributed by atoms with Gasteiger partial charge in [0, 0.05) is 4.90 Å². The number of carbonyl (C=O) groups is 2. The smallest absolute Gasteiger partial charge is 0.307 e. The Morgan fingerprint density at radius 1 is 1.44 bits per heavy atom. The zero-order valence-corrected chi connectivity index (χ0v) is 11.0. The number of amides is 1. The molecule has 0 saturated heterocycles. The van der Waals surface area contributed by atoms with Gasteiger partial charge in [-0.2, -0.15) is 0 Å². The minimum atomic E-state index is -0.399. The number of fused-ring (bicyclic) bond motifs is 1. The van der Waals surface area contributed by atoms with Crippen molar-refractivity contribution in [2.75, 3.05) is 11.9 Å². The highest BCUT2D eigenvalue weighted by Crippen LogP contribution is 2.36. The Morgan fingerprint density at radius 3 is 3.00 bits per heavy atom. The van der Waals surface area contributed by atoms with E-state index in [9.17, 15) is 9.59 Å². The molecule has 1 aliphatic rings. The van der Waals surface area contributed by atoms with Crippen LogP contribution < -0.4 is 5.32 Å². The molecule has 0 fully saturated rings. The second kappa shape index (κ2) is 5.91. The topological polar surface area (TPSA) is 55.4 Å². The molecule has 1 heterocycles. The largest absolute Gasteiger partial charge is 0.466 e. The summed E-state index contributed by atoms with van der Waals surface area (Å²) in [6, 6.07) is 7.57. The Balaban J connectivity index is 1.99. The van der Waals surface area contributed by atoms with Crippen molar-refractivity contribution in [2.24, 2.45) is 0 Å². The van der Waals surface area contributed by atoms with Crippen LogP contribution in [0, 0.1) is 0 Å². The van der Waals surface area contributed by atoms with Crippen LogP contribution in [0.4, 0.5) is 5.69 Å². The molecular formula is C13H15NO3S. The van der Waals surface area contributed by atoms with Crippen LogP contribution in [0.15, 0.2) is 29.2 Å². The van der Waals surface area contributed by atoms with E-state index in [1.165, 1.54) is 11.8 Å². The van der Waals surface area contributed by atoms with Gasteiger partial charge in [0.25, 0.3) is 0 Å². The van der Waals surface area contributed by atoms with E-state index in [2.05, 4.69) is 5.32 Å². The number of nitrogens with one attached hydrogen (secondary N) is 1. The lowest BCUT2D eigenvalue weighted by Crippen LogP contribution is -2.31. The Kier molecular flexibility index (Phi) is 4.25. The number of hydrogen-bond donors (Lipinski definition) is 1. The van der Waals surface area contributed by atoms with Crippen molar-refractivity contribution in [3.05, 3.63) is 24.3 Å². The summed E-state index contributed by atoms with van der Waals surface area (Å²) in [7, 11) is 0. The number of rotatable bonds is 4. The zero-order valence-electron chi connectivity index (χ0n) is 10.1. The van der Waals surface area contributed by atoms with Gasteiger partial charge in [-0.05, 0) is 18.6 Å². The van der Waals surface area contributed by atoms with Gasteiger partial charge in [-0.25, -0.2) is 0 Å². The van der Waals surface area contributed by atoms with Gasteiger partial charge in [0.2, 0.25) is 5.91 Å². The molecular weight excluding hydrogens is 250 g/mol. The van der Waals surface area contributed by atoms with Crippen molar-refractivity contribution in [1.82, 2.24) is 0 Å². The molecule has 1 atom stereocenters. The minimum absolute atomic E-state index is 0.116. The van der Waals surface area contributed by atoms with Crippen LogP contribution in [0.5, 0.6) is 0 Å². The van der Waals surface area contributed by atoms with Crippen molar-refractivity contribution < 1.29 is 14.3 Å². The summed E-state index contributed by atoms with van der Waals surface area (Å²) in [4.78, 5) is 24.3. The van der Waals surface area contributed by atoms with Crippen molar-refractivity contribution in [2.45, 2.75) is 29.9 Å². The van der Waals surface area contributed by atoms with Crippen molar-refractivity contribution in [3.8, 4) is 0 Å². The molecule has 5 heteroatoms. The fraction of sp³-hybridized carbons (Fsp3) is 0.385. The standard InChI is InChI=1S/C13H15NO3S/c1-2-7-17-12(15)8-11-13(16)14-9-5-3-4-6-10(9)18-11/h3-6,11H,2,7-8H2,1H3,(H,14,16)/t11-/m0/s1. The second-order valence-electron chi connectivity index (χ2n) is 4.02. The van der Waals surface area contributed by atoms with E-state index >= 15 is 0 Å². The van der Waals surface area contributed by atoms with Crippen molar-refractivity contribution >= 4 is 29.3 Å². The van der Waals surface area contributed by atoms with Gasteiger partial charge in [0.05, 0.1) is 24.0 Å². The first-order valence-corrected chi connectivity index (χ1v) is 6.81. The van der Waals surface area contributed by atoms with Crippen LogP contribution >= 0.6 is 11.8 Å². The fourth-order valence-electron chi connectivity index (χ4n) is 1.65. The highest BCUT2D eigenvalue weighted by atomic mass is 32.2. The van der Waals surface area contributed by atoms with Crippen LogP contribution in [0.3, 0.4) is 0 Å². The number of hydrogen-bond acceptors (Lipinski definition) is 4. The second-order valence-corrected chi connectivity index (χ2v) is 5.26. The molecule has 0 aliphatic carbocycles. The number of esters is 1. The number of ether oxygens (including phenoxy) is 1. The lowest BCUT2D eigenvalue weighted by atomic mass is 10.2. The predicted octanol–water partition coefficient (Wildman–Crippen LogP) is 2.44. The van der Waals surface area contributed by atoms with E-state index in [1.807, 2.05) is 31.2 Å². The Hall–Kier alpha value is -1.49. The molecule has 0 saturated carbocycles. The molecule has 0 bridgehead atoms. The number of benzene rings is 1. The quantitative estimate of drug-likeness (QED) is 0.850. The first-order valence-electron chi connectivity index (χ1n) is 5.93. The molecule has 0 radical (unpaired) electrons. The summed E-state index contributed by atoms with van der Waals surface area (Å²) in [5.41, 5.74) is 0.811. The van der Waals surface area contributed by atoms with E-state index in [0.29, 0.717) is 6.61 Å². The molecule has 0 spiro atoms. The van der Waals surface area contributed by atoms with E-state index in [4.69, 9.17) is 4.74 Å². The molecule has 18 heavy (non-hydrogen) atoms. The Morgan fingerprint density at radius 2 is 2.22 bits per heavy atom. The highest BCUT2D eigenvalue weighted by Gasteiger charge is 2.29. The van der Waals surface area contributed by atoms with Crippen LogP contribution in [0.1, 0.15) is 19.8 Å². The molecule has 0 unspecified atom stereocenters. The lowest BCUT2D eigenvalue weighted by molar-refractivity contribution is -0.144. The molecule has 1 aliphatic heterocycles. The van der Waals surface area contributed by atoms with E-state index in [1.54, 1.807) is 0 Å². The highest BCUT2D eigenvalue weighted by molar-refractivity contribution is 8.01. The third-order valence-electron chi connectivity index (χ3n) is 2.53. The monoisotopic (exact) mass is 265 g/mol. The maximum atomic E-state index is 11.8. The first kappa shape index (κ1) is 13.0. The summed E-state index contributed by atoms with van der Waals surface area (Å²) in [5.74, 6) is -0.448. The third kappa shape index (κ3) is 3.04. The number of anilines is 1. The van der Waals surface area contributed by atoms with Gasteiger partial charge >= 0.3 is 5.97 Å². The number of carbonyl (C=O) groups excluding carboxylic acids is 2. The van der Waals surface area contributed by atoms with Crippen LogP contribution in [-0.2, 0) is 14.3 Å². The lowest BCUT2D eigenvalue weighted by Gasteiger charge is -2.23. The Labute approximate surface area is 110 Å². The molecule has 1 aromatic rings. The number of para-hydroxylation sites is 1. The SMILES string of the molecule is CCCOC(=O)C[C@@H]1Sc2ccccc2NC1=O. The molecule has 0 aromatic heterocycles. The average molecular weight is 265 g/mol. The zero-order chi connectivity index (χ0) is 13.0. The van der Waals surface area contributed by atoms with Gasteiger partial charge in [-0.3, -0.25) is 9.59 Å². The summed E-state index contributed by atoms with van der Waals surface area (Å²) in [6.45, 7) is 2.35. The van der Waals surface area contributed by atoms with Gasteiger partial charge in [-0.15, -0.1) is 11.8 Å². The Bertz CT molecular complexity index is 461. The minimum Gasteiger partial charge on any atom is -0.466 e. The summed E-state index contributed by atoms with van der Waals surface area (Å²) < 4.78 is 5.00. The van der Waals surface area contributed by atoms with E-state index in [-0.39, 0.29) is 18.3 Å². The van der Waals surface area contributed by atoms with Gasteiger partial charge in [0.15, 0.2) is 0 Å². The van der Waals surface area contributed by atoms with Crippen LogP contribution in [0.2, 0.25) is 0 Å². The molecule has 1 amide bonds. The average Bonchev–Trinajstić information content (AvgIpc) is 2.37. The molecule has 96 valence electrons. The molecule has 4 nitrogen and oxygen atoms in total. The van der Waals surface area contributed by atoms with Gasteiger partial charge in [-0.1, -0.05) is 19.1 Å². The fourth-order valence-corrected chi connectivity index (χ4v) is 2.75. The maximum Gasteiger partial charge on any atom is 0.307 e. The van der Waals surface area contributed by atoms with Crippen molar-refractivity contribution in [1.29, 1.82) is 0 Å².